The number of benzene rings is 1. The molecule has 0 spiro atoms. The molecule has 0 fully saturated rings. The third kappa shape index (κ3) is 2.85. The van der Waals surface area contributed by atoms with Crippen molar-refractivity contribution < 1.29 is 4.92 Å². The fourth-order valence-electron chi connectivity index (χ4n) is 1.23. The summed E-state index contributed by atoms with van der Waals surface area (Å²) < 4.78 is 0. The van der Waals surface area contributed by atoms with Crippen molar-refractivity contribution in [1.29, 1.82) is 0 Å². The number of nitrogen functional groups attached to an aromatic ring is 1. The number of rotatable bonds is 4. The van der Waals surface area contributed by atoms with Crippen LogP contribution in [0.5, 0.6) is 0 Å². The largest absolute Gasteiger partial charge is 0.397 e. The summed E-state index contributed by atoms with van der Waals surface area (Å²) in [4.78, 5) is 10.1. The zero-order chi connectivity index (χ0) is 12.3. The third-order valence-corrected chi connectivity index (χ3v) is 2.60. The van der Waals surface area contributed by atoms with Gasteiger partial charge in [0.1, 0.15) is 0 Å². The van der Waals surface area contributed by atoms with Gasteiger partial charge in [-0.05, 0) is 26.3 Å². The molecule has 0 saturated heterocycles. The first-order valence-corrected chi connectivity index (χ1v) is 5.18. The molecule has 1 rings (SSSR count). The van der Waals surface area contributed by atoms with Gasteiger partial charge < -0.3 is 11.1 Å². The number of nitrogens with two attached hydrogens (primary N) is 1. The van der Waals surface area contributed by atoms with Gasteiger partial charge in [0.25, 0.3) is 5.69 Å². The summed E-state index contributed by atoms with van der Waals surface area (Å²) in [5, 5.41) is 13.8. The number of hydrogen-bond acceptors (Lipinski definition) is 4. The summed E-state index contributed by atoms with van der Waals surface area (Å²) in [6, 6.07) is 4.46. The molecule has 1 aromatic carbocycles. The van der Waals surface area contributed by atoms with Gasteiger partial charge in [-0.15, -0.1) is 0 Å². The molecule has 0 atom stereocenters. The first-order chi connectivity index (χ1) is 7.35. The highest BCUT2D eigenvalue weighted by molar-refractivity contribution is 5.70. The number of nitro groups is 1. The molecule has 0 saturated carbocycles. The number of nitro benzene ring substituents is 1. The zero-order valence-corrected chi connectivity index (χ0v) is 9.78. The standard InChI is InChI=1S/C11H17N3O2/c1-4-11(2,3)13-10-6-5-8(14(15)16)7-9(10)12/h5-7,13H,4,12H2,1-3H3. The van der Waals surface area contributed by atoms with E-state index < -0.39 is 4.92 Å². The highest BCUT2D eigenvalue weighted by Crippen LogP contribution is 2.27. The van der Waals surface area contributed by atoms with Crippen LogP contribution in [-0.4, -0.2) is 10.5 Å². The summed E-state index contributed by atoms with van der Waals surface area (Å²) in [5.41, 5.74) is 6.82. The van der Waals surface area contributed by atoms with Crippen molar-refractivity contribution >= 4 is 17.1 Å². The molecule has 0 unspecified atom stereocenters. The van der Waals surface area contributed by atoms with E-state index in [0.717, 1.165) is 12.1 Å². The number of hydrogen-bond donors (Lipinski definition) is 2. The zero-order valence-electron chi connectivity index (χ0n) is 9.78. The van der Waals surface area contributed by atoms with Gasteiger partial charge in [-0.1, -0.05) is 6.92 Å². The summed E-state index contributed by atoms with van der Waals surface area (Å²) in [6.07, 6.45) is 0.934. The Morgan fingerprint density at radius 3 is 2.56 bits per heavy atom. The van der Waals surface area contributed by atoms with Crippen molar-refractivity contribution in [2.45, 2.75) is 32.7 Å². The van der Waals surface area contributed by atoms with E-state index in [-0.39, 0.29) is 11.2 Å². The monoisotopic (exact) mass is 223 g/mol. The van der Waals surface area contributed by atoms with Crippen molar-refractivity contribution in [2.24, 2.45) is 0 Å². The first-order valence-electron chi connectivity index (χ1n) is 5.18. The lowest BCUT2D eigenvalue weighted by atomic mass is 10.0. The van der Waals surface area contributed by atoms with E-state index in [1.54, 1.807) is 6.07 Å². The average Bonchev–Trinajstić information content (AvgIpc) is 2.20. The maximum absolute atomic E-state index is 10.5. The second-order valence-electron chi connectivity index (χ2n) is 4.39. The maximum Gasteiger partial charge on any atom is 0.271 e. The van der Waals surface area contributed by atoms with Crippen LogP contribution in [0.4, 0.5) is 17.1 Å². The predicted molar refractivity (Wildman–Crippen MR) is 65.5 cm³/mol. The third-order valence-electron chi connectivity index (χ3n) is 2.60. The molecule has 0 radical (unpaired) electrons. The van der Waals surface area contributed by atoms with E-state index in [4.69, 9.17) is 5.73 Å². The van der Waals surface area contributed by atoms with Crippen LogP contribution in [0, 0.1) is 10.1 Å². The smallest absolute Gasteiger partial charge is 0.271 e. The summed E-state index contributed by atoms with van der Waals surface area (Å²) in [6.45, 7) is 6.16. The van der Waals surface area contributed by atoms with E-state index in [9.17, 15) is 10.1 Å². The predicted octanol–water partition coefficient (Wildman–Crippen LogP) is 2.78. The molecular formula is C11H17N3O2. The van der Waals surface area contributed by atoms with E-state index in [0.29, 0.717) is 5.69 Å². The van der Waals surface area contributed by atoms with Crippen molar-refractivity contribution in [3.63, 3.8) is 0 Å². The fraction of sp³-hybridized carbons (Fsp3) is 0.455. The summed E-state index contributed by atoms with van der Waals surface area (Å²) in [7, 11) is 0. The molecule has 3 N–H and O–H groups in total. The minimum absolute atomic E-state index is 0.0114. The van der Waals surface area contributed by atoms with E-state index in [1.807, 2.05) is 13.8 Å². The van der Waals surface area contributed by atoms with Crippen molar-refractivity contribution in [3.05, 3.63) is 28.3 Å². The molecular weight excluding hydrogens is 206 g/mol. The Labute approximate surface area is 94.8 Å². The Morgan fingerprint density at radius 1 is 1.50 bits per heavy atom. The Hall–Kier alpha value is -1.78. The van der Waals surface area contributed by atoms with Gasteiger partial charge in [0.2, 0.25) is 0 Å². The number of non-ortho nitro benzene ring substituents is 1. The molecule has 0 heterocycles. The van der Waals surface area contributed by atoms with Crippen LogP contribution in [0.2, 0.25) is 0 Å². The molecule has 1 aromatic rings. The SMILES string of the molecule is CCC(C)(C)Nc1ccc([N+](=O)[O-])cc1N. The molecule has 88 valence electrons. The van der Waals surface area contributed by atoms with Gasteiger partial charge in [-0.3, -0.25) is 10.1 Å². The van der Waals surface area contributed by atoms with E-state index in [1.165, 1.54) is 12.1 Å². The number of anilines is 2. The molecule has 0 bridgehead atoms. The molecule has 0 aliphatic carbocycles. The van der Waals surface area contributed by atoms with Crippen molar-refractivity contribution in [1.82, 2.24) is 0 Å². The Morgan fingerprint density at radius 2 is 2.12 bits per heavy atom. The van der Waals surface area contributed by atoms with E-state index >= 15 is 0 Å². The Bertz CT molecular complexity index is 402. The summed E-state index contributed by atoms with van der Waals surface area (Å²) in [5.74, 6) is 0. The molecule has 5 nitrogen and oxygen atoms in total. The lowest BCUT2D eigenvalue weighted by molar-refractivity contribution is -0.384. The molecule has 0 amide bonds. The lowest BCUT2D eigenvalue weighted by Crippen LogP contribution is -2.30. The second-order valence-corrected chi connectivity index (χ2v) is 4.39. The van der Waals surface area contributed by atoms with Gasteiger partial charge in [-0.25, -0.2) is 0 Å². The van der Waals surface area contributed by atoms with Crippen LogP contribution < -0.4 is 11.1 Å². The van der Waals surface area contributed by atoms with Crippen LogP contribution in [-0.2, 0) is 0 Å². The van der Waals surface area contributed by atoms with Crippen LogP contribution in [0.3, 0.4) is 0 Å². The maximum atomic E-state index is 10.5. The highest BCUT2D eigenvalue weighted by Gasteiger charge is 2.16. The molecule has 0 aliphatic rings. The van der Waals surface area contributed by atoms with Crippen LogP contribution >= 0.6 is 0 Å². The fourth-order valence-corrected chi connectivity index (χ4v) is 1.23. The van der Waals surface area contributed by atoms with Crippen LogP contribution in [0.15, 0.2) is 18.2 Å². The normalized spacial score (nSPS) is 11.2. The minimum Gasteiger partial charge on any atom is -0.397 e. The van der Waals surface area contributed by atoms with Gasteiger partial charge in [0.05, 0.1) is 16.3 Å². The molecule has 0 aliphatic heterocycles. The van der Waals surface area contributed by atoms with Crippen molar-refractivity contribution in [3.8, 4) is 0 Å². The average molecular weight is 223 g/mol. The van der Waals surface area contributed by atoms with Gasteiger partial charge in [0, 0.05) is 17.7 Å². The van der Waals surface area contributed by atoms with Gasteiger partial charge in [-0.2, -0.15) is 0 Å². The highest BCUT2D eigenvalue weighted by atomic mass is 16.6. The number of nitrogens with one attached hydrogen (secondary N) is 1. The molecule has 5 heteroatoms. The van der Waals surface area contributed by atoms with Gasteiger partial charge >= 0.3 is 0 Å². The lowest BCUT2D eigenvalue weighted by Gasteiger charge is -2.26. The Balaban J connectivity index is 2.96. The molecule has 0 aromatic heterocycles. The number of nitrogens with zero attached hydrogens (tertiary/aromatic N) is 1. The van der Waals surface area contributed by atoms with Gasteiger partial charge in [0.15, 0.2) is 0 Å². The minimum atomic E-state index is -0.453. The van der Waals surface area contributed by atoms with E-state index in [2.05, 4.69) is 12.2 Å². The second kappa shape index (κ2) is 4.38. The van der Waals surface area contributed by atoms with Crippen LogP contribution in [0.25, 0.3) is 0 Å². The quantitative estimate of drug-likeness (QED) is 0.467. The Kier molecular flexibility index (Phi) is 3.37. The topological polar surface area (TPSA) is 81.2 Å². The first kappa shape index (κ1) is 12.3. The van der Waals surface area contributed by atoms with Crippen LogP contribution in [0.1, 0.15) is 27.2 Å². The molecule has 16 heavy (non-hydrogen) atoms. The van der Waals surface area contributed by atoms with Crippen molar-refractivity contribution in [2.75, 3.05) is 11.1 Å². The summed E-state index contributed by atoms with van der Waals surface area (Å²) >= 11 is 0.